The van der Waals surface area contributed by atoms with Gasteiger partial charge in [-0.1, -0.05) is 59.6 Å². The molecule has 4 nitrogen and oxygen atoms in total. The zero-order valence-corrected chi connectivity index (χ0v) is 12.4. The summed E-state index contributed by atoms with van der Waals surface area (Å²) in [4.78, 5) is 23.9. The molecule has 0 bridgehead atoms. The quantitative estimate of drug-likeness (QED) is 0.848. The fourth-order valence-corrected chi connectivity index (χ4v) is 2.24. The summed E-state index contributed by atoms with van der Waals surface area (Å²) in [5, 5.41) is 3.10. The summed E-state index contributed by atoms with van der Waals surface area (Å²) in [7, 11) is 0. The van der Waals surface area contributed by atoms with Gasteiger partial charge in [0.25, 0.3) is 0 Å². The molecule has 0 fully saturated rings. The Balaban J connectivity index is 2.28. The summed E-state index contributed by atoms with van der Waals surface area (Å²) in [5.74, 6) is -2.39. The van der Waals surface area contributed by atoms with Crippen LogP contribution in [0.3, 0.4) is 0 Å². The van der Waals surface area contributed by atoms with E-state index in [1.807, 2.05) is 0 Å². The SMILES string of the molecule is NC(=O)C(C(=O)Nc1cccc(Cl)c1Cl)c1ccccc1. The smallest absolute Gasteiger partial charge is 0.241 e. The van der Waals surface area contributed by atoms with Gasteiger partial charge in [-0.25, -0.2) is 0 Å². The van der Waals surface area contributed by atoms with Crippen molar-refractivity contribution < 1.29 is 9.59 Å². The van der Waals surface area contributed by atoms with Crippen molar-refractivity contribution in [2.45, 2.75) is 5.92 Å². The van der Waals surface area contributed by atoms with Crippen LogP contribution in [0.25, 0.3) is 0 Å². The lowest BCUT2D eigenvalue weighted by molar-refractivity contribution is -0.127. The Morgan fingerprint density at radius 2 is 1.67 bits per heavy atom. The molecule has 0 saturated heterocycles. The van der Waals surface area contributed by atoms with Crippen molar-refractivity contribution in [1.29, 1.82) is 0 Å². The van der Waals surface area contributed by atoms with Gasteiger partial charge in [-0.05, 0) is 17.7 Å². The maximum absolute atomic E-state index is 12.3. The predicted octanol–water partition coefficient (Wildman–Crippen LogP) is 3.20. The van der Waals surface area contributed by atoms with Crippen LogP contribution >= 0.6 is 23.2 Å². The number of hydrogen-bond acceptors (Lipinski definition) is 2. The Morgan fingerprint density at radius 1 is 1.00 bits per heavy atom. The van der Waals surface area contributed by atoms with Crippen LogP contribution < -0.4 is 11.1 Å². The number of nitrogens with one attached hydrogen (secondary N) is 1. The molecule has 1 unspecified atom stereocenters. The summed E-state index contributed by atoms with van der Waals surface area (Å²) in [5.41, 5.74) is 6.18. The Morgan fingerprint density at radius 3 is 2.29 bits per heavy atom. The van der Waals surface area contributed by atoms with Gasteiger partial charge in [-0.15, -0.1) is 0 Å². The average molecular weight is 323 g/mol. The van der Waals surface area contributed by atoms with Gasteiger partial charge in [0, 0.05) is 0 Å². The molecule has 0 aliphatic rings. The highest BCUT2D eigenvalue weighted by atomic mass is 35.5. The topological polar surface area (TPSA) is 72.2 Å². The zero-order chi connectivity index (χ0) is 15.4. The molecule has 2 amide bonds. The number of hydrogen-bond donors (Lipinski definition) is 2. The summed E-state index contributed by atoms with van der Waals surface area (Å²) in [6.45, 7) is 0. The van der Waals surface area contributed by atoms with E-state index in [9.17, 15) is 9.59 Å². The Kier molecular flexibility index (Phi) is 4.83. The van der Waals surface area contributed by atoms with E-state index in [0.717, 1.165) is 0 Å². The Bertz CT molecular complexity index is 675. The number of rotatable bonds is 4. The number of amides is 2. The van der Waals surface area contributed by atoms with Gasteiger partial charge in [0.05, 0.1) is 15.7 Å². The monoisotopic (exact) mass is 322 g/mol. The van der Waals surface area contributed by atoms with E-state index in [1.165, 1.54) is 0 Å². The van der Waals surface area contributed by atoms with Gasteiger partial charge in [-0.3, -0.25) is 9.59 Å². The third-order valence-corrected chi connectivity index (χ3v) is 3.71. The van der Waals surface area contributed by atoms with Crippen molar-refractivity contribution >= 4 is 40.7 Å². The van der Waals surface area contributed by atoms with Crippen LogP contribution in [0.4, 0.5) is 5.69 Å². The lowest BCUT2D eigenvalue weighted by Crippen LogP contribution is -2.32. The molecule has 0 radical (unpaired) electrons. The van der Waals surface area contributed by atoms with E-state index < -0.39 is 17.7 Å². The Labute approximate surface area is 131 Å². The minimum Gasteiger partial charge on any atom is -0.369 e. The van der Waals surface area contributed by atoms with Gasteiger partial charge >= 0.3 is 0 Å². The first-order valence-electron chi connectivity index (χ1n) is 6.10. The Hall–Kier alpha value is -2.04. The van der Waals surface area contributed by atoms with Crippen LogP contribution in [0.2, 0.25) is 10.0 Å². The van der Waals surface area contributed by atoms with Crippen LogP contribution in [-0.4, -0.2) is 11.8 Å². The molecule has 3 N–H and O–H groups in total. The first-order valence-corrected chi connectivity index (χ1v) is 6.85. The standard InChI is InChI=1S/C15H12Cl2N2O2/c16-10-7-4-8-11(13(10)17)19-15(21)12(14(18)20)9-5-2-1-3-6-9/h1-8,12H,(H2,18,20)(H,19,21). The van der Waals surface area contributed by atoms with Gasteiger partial charge in [0.2, 0.25) is 11.8 Å². The largest absolute Gasteiger partial charge is 0.369 e. The molecule has 6 heteroatoms. The maximum Gasteiger partial charge on any atom is 0.241 e. The lowest BCUT2D eigenvalue weighted by Gasteiger charge is -2.15. The molecule has 2 aromatic carbocycles. The second-order valence-electron chi connectivity index (χ2n) is 4.34. The van der Waals surface area contributed by atoms with E-state index >= 15 is 0 Å². The number of halogens is 2. The van der Waals surface area contributed by atoms with E-state index in [2.05, 4.69) is 5.32 Å². The number of primary amides is 1. The predicted molar refractivity (Wildman–Crippen MR) is 83.5 cm³/mol. The van der Waals surface area contributed by atoms with E-state index in [-0.39, 0.29) is 5.02 Å². The third-order valence-electron chi connectivity index (χ3n) is 2.89. The van der Waals surface area contributed by atoms with Crippen LogP contribution in [0.5, 0.6) is 0 Å². The minimum absolute atomic E-state index is 0.212. The van der Waals surface area contributed by atoms with Crippen molar-refractivity contribution in [2.24, 2.45) is 5.73 Å². The average Bonchev–Trinajstić information content (AvgIpc) is 2.45. The van der Waals surface area contributed by atoms with Crippen LogP contribution in [0, 0.1) is 0 Å². The molecule has 0 heterocycles. The second-order valence-corrected chi connectivity index (χ2v) is 5.12. The van der Waals surface area contributed by atoms with E-state index in [4.69, 9.17) is 28.9 Å². The van der Waals surface area contributed by atoms with Crippen LogP contribution in [-0.2, 0) is 9.59 Å². The molecular formula is C15H12Cl2N2O2. The summed E-state index contributed by atoms with van der Waals surface area (Å²) in [6, 6.07) is 13.4. The van der Waals surface area contributed by atoms with Crippen molar-refractivity contribution in [2.75, 3.05) is 5.32 Å². The number of benzene rings is 2. The number of carbonyl (C=O) groups excluding carboxylic acids is 2. The van der Waals surface area contributed by atoms with Crippen molar-refractivity contribution in [1.82, 2.24) is 0 Å². The molecule has 2 aromatic rings. The molecule has 0 spiro atoms. The zero-order valence-electron chi connectivity index (χ0n) is 10.8. The highest BCUT2D eigenvalue weighted by Crippen LogP contribution is 2.30. The molecule has 21 heavy (non-hydrogen) atoms. The lowest BCUT2D eigenvalue weighted by atomic mass is 9.97. The highest BCUT2D eigenvalue weighted by molar-refractivity contribution is 6.44. The van der Waals surface area contributed by atoms with Crippen molar-refractivity contribution in [3.05, 3.63) is 64.1 Å². The molecular weight excluding hydrogens is 311 g/mol. The molecule has 0 aromatic heterocycles. The molecule has 2 rings (SSSR count). The molecule has 108 valence electrons. The van der Waals surface area contributed by atoms with Crippen LogP contribution in [0.15, 0.2) is 48.5 Å². The van der Waals surface area contributed by atoms with Gasteiger partial charge < -0.3 is 11.1 Å². The van der Waals surface area contributed by atoms with E-state index in [0.29, 0.717) is 16.3 Å². The fraction of sp³-hybridized carbons (Fsp3) is 0.0667. The summed E-state index contributed by atoms with van der Waals surface area (Å²) in [6.07, 6.45) is 0. The molecule has 0 saturated carbocycles. The normalized spacial score (nSPS) is 11.7. The summed E-state index contributed by atoms with van der Waals surface area (Å²) >= 11 is 11.9. The molecule has 0 aliphatic carbocycles. The third kappa shape index (κ3) is 3.54. The van der Waals surface area contributed by atoms with Gasteiger partial charge in [0.1, 0.15) is 5.92 Å². The molecule has 1 atom stereocenters. The van der Waals surface area contributed by atoms with Crippen molar-refractivity contribution in [3.8, 4) is 0 Å². The number of nitrogens with two attached hydrogens (primary N) is 1. The minimum atomic E-state index is -1.10. The highest BCUT2D eigenvalue weighted by Gasteiger charge is 2.26. The number of anilines is 1. The first kappa shape index (κ1) is 15.4. The number of carbonyl (C=O) groups is 2. The maximum atomic E-state index is 12.3. The molecule has 0 aliphatic heterocycles. The van der Waals surface area contributed by atoms with Gasteiger partial charge in [-0.2, -0.15) is 0 Å². The van der Waals surface area contributed by atoms with Crippen molar-refractivity contribution in [3.63, 3.8) is 0 Å². The summed E-state index contributed by atoms with van der Waals surface area (Å²) < 4.78 is 0. The second kappa shape index (κ2) is 6.61. The van der Waals surface area contributed by atoms with Crippen LogP contribution in [0.1, 0.15) is 11.5 Å². The fourth-order valence-electron chi connectivity index (χ4n) is 1.90. The first-order chi connectivity index (χ1) is 10.0. The van der Waals surface area contributed by atoms with Gasteiger partial charge in [0.15, 0.2) is 0 Å². The van der Waals surface area contributed by atoms with E-state index in [1.54, 1.807) is 48.5 Å².